The Morgan fingerprint density at radius 1 is 1.23 bits per heavy atom. The highest BCUT2D eigenvalue weighted by Crippen LogP contribution is 2.37. The average Bonchev–Trinajstić information content (AvgIpc) is 3.00. The minimum atomic E-state index is -1.12. The van der Waals surface area contributed by atoms with E-state index in [-0.39, 0.29) is 4.75 Å². The summed E-state index contributed by atoms with van der Waals surface area (Å²) in [5, 5.41) is 0. The molecule has 1 aromatic rings. The Morgan fingerprint density at radius 3 is 2.64 bits per heavy atom. The van der Waals surface area contributed by atoms with Crippen LogP contribution in [-0.4, -0.2) is 33.0 Å². The molecule has 4 heteroatoms. The molecule has 0 N–H and O–H groups in total. The number of rotatable bonds is 3. The molecule has 120 valence electrons. The summed E-state index contributed by atoms with van der Waals surface area (Å²) in [4.78, 5) is 2.53. The zero-order valence-electron chi connectivity index (χ0n) is 13.8. The fraction of sp³-hybridized carbons (Fsp3) is 0.611. The van der Waals surface area contributed by atoms with Crippen molar-refractivity contribution in [1.82, 2.24) is 4.90 Å². The summed E-state index contributed by atoms with van der Waals surface area (Å²) >= 11 is -1.12. The first-order valence-corrected chi connectivity index (χ1v) is 9.30. The molecule has 0 radical (unpaired) electrons. The molecule has 3 atom stereocenters. The molecular weight excluding hydrogens is 292 g/mol. The van der Waals surface area contributed by atoms with Crippen molar-refractivity contribution >= 4 is 17.1 Å². The summed E-state index contributed by atoms with van der Waals surface area (Å²) in [5.41, 5.74) is 2.58. The predicted molar refractivity (Wildman–Crippen MR) is 93.3 cm³/mol. The monoisotopic (exact) mass is 318 g/mol. The van der Waals surface area contributed by atoms with Gasteiger partial charge in [-0.1, -0.05) is 34.7 Å². The van der Waals surface area contributed by atoms with E-state index in [2.05, 4.69) is 39.6 Å². The van der Waals surface area contributed by atoms with Crippen LogP contribution >= 0.6 is 0 Å². The van der Waals surface area contributed by atoms with E-state index in [1.807, 2.05) is 20.8 Å². The number of hydrogen-bond donors (Lipinski definition) is 0. The van der Waals surface area contributed by atoms with Crippen LogP contribution in [0.15, 0.2) is 34.7 Å². The summed E-state index contributed by atoms with van der Waals surface area (Å²) in [5.74, 6) is 1.23. The summed E-state index contributed by atoms with van der Waals surface area (Å²) in [6.07, 6.45) is 2.24. The van der Waals surface area contributed by atoms with Crippen molar-refractivity contribution in [1.29, 1.82) is 0 Å². The van der Waals surface area contributed by atoms with Crippen LogP contribution < -0.4 is 0 Å². The molecule has 0 bridgehead atoms. The fourth-order valence-electron chi connectivity index (χ4n) is 3.48. The van der Waals surface area contributed by atoms with Crippen LogP contribution in [0.4, 0.5) is 0 Å². The molecule has 1 saturated heterocycles. The highest BCUT2D eigenvalue weighted by Gasteiger charge is 2.42. The van der Waals surface area contributed by atoms with Gasteiger partial charge in [-0.2, -0.15) is 0 Å². The lowest BCUT2D eigenvalue weighted by molar-refractivity contribution is 0.312. The van der Waals surface area contributed by atoms with Crippen molar-refractivity contribution in [3.8, 4) is 0 Å². The molecule has 1 aliphatic heterocycles. The van der Waals surface area contributed by atoms with Gasteiger partial charge in [-0.15, -0.1) is 0 Å². The first kappa shape index (κ1) is 16.0. The van der Waals surface area contributed by atoms with Gasteiger partial charge in [0, 0.05) is 25.6 Å². The number of nitrogens with zero attached hydrogens (tertiary/aromatic N) is 2. The van der Waals surface area contributed by atoms with Crippen LogP contribution in [0.25, 0.3) is 0 Å². The highest BCUT2D eigenvalue weighted by atomic mass is 32.2. The number of fused-ring (bicyclic) bond motifs is 1. The second kappa shape index (κ2) is 6.34. The lowest BCUT2D eigenvalue weighted by atomic mass is 10.00. The Bertz CT molecular complexity index is 538. The quantitative estimate of drug-likeness (QED) is 0.801. The van der Waals surface area contributed by atoms with Gasteiger partial charge in [0.1, 0.15) is 16.1 Å². The van der Waals surface area contributed by atoms with Crippen LogP contribution in [0.1, 0.15) is 39.2 Å². The van der Waals surface area contributed by atoms with Gasteiger partial charge < -0.3 is 4.55 Å². The molecule has 1 heterocycles. The number of likely N-dealkylation sites (tertiary alicyclic amines) is 1. The summed E-state index contributed by atoms with van der Waals surface area (Å²) in [6.45, 7) is 9.23. The van der Waals surface area contributed by atoms with Gasteiger partial charge in [0.2, 0.25) is 0 Å². The Kier molecular flexibility index (Phi) is 4.62. The fourth-order valence-corrected chi connectivity index (χ4v) is 4.19. The van der Waals surface area contributed by atoms with E-state index in [0.717, 1.165) is 26.1 Å². The molecule has 3 nitrogen and oxygen atoms in total. The van der Waals surface area contributed by atoms with Gasteiger partial charge >= 0.3 is 0 Å². The SMILES string of the molecule is CC(C)(C)[S@@+]([O-])/N=C1\CC[C@H]2CN(Cc3ccccc3)C[C@@H]12. The molecular formula is C18H26N2OS. The normalized spacial score (nSPS) is 29.0. The summed E-state index contributed by atoms with van der Waals surface area (Å²) in [7, 11) is 0. The Labute approximate surface area is 137 Å². The van der Waals surface area contributed by atoms with E-state index in [1.54, 1.807) is 0 Å². The van der Waals surface area contributed by atoms with Crippen LogP contribution in [0.3, 0.4) is 0 Å². The maximum atomic E-state index is 12.3. The molecule has 2 aliphatic rings. The maximum Gasteiger partial charge on any atom is 0.144 e. The lowest BCUT2D eigenvalue weighted by Gasteiger charge is -2.20. The first-order chi connectivity index (χ1) is 10.4. The lowest BCUT2D eigenvalue weighted by Crippen LogP contribution is -2.28. The van der Waals surface area contributed by atoms with Gasteiger partial charge in [0.25, 0.3) is 0 Å². The van der Waals surface area contributed by atoms with Gasteiger partial charge in [-0.25, -0.2) is 0 Å². The molecule has 1 aromatic carbocycles. The van der Waals surface area contributed by atoms with Crippen LogP contribution in [0.2, 0.25) is 0 Å². The van der Waals surface area contributed by atoms with Crippen LogP contribution in [0.5, 0.6) is 0 Å². The predicted octanol–water partition coefficient (Wildman–Crippen LogP) is 3.43. The Hall–Kier alpha value is -0.840. The topological polar surface area (TPSA) is 38.7 Å². The molecule has 3 rings (SSSR count). The standard InChI is InChI=1S/C18H26N2OS/c1-18(2,3)22(21)19-17-10-9-15-12-20(13-16(15)17)11-14-7-5-4-6-8-14/h4-8,15-16H,9-13H2,1-3H3/b19-17+/t15-,16+,22+/m0/s1. The van der Waals surface area contributed by atoms with Gasteiger partial charge in [-0.05, 0) is 45.1 Å². The van der Waals surface area contributed by atoms with Crippen molar-refractivity contribution in [2.45, 2.75) is 44.9 Å². The second-order valence-corrected chi connectivity index (χ2v) is 9.43. The van der Waals surface area contributed by atoms with E-state index in [4.69, 9.17) is 0 Å². The van der Waals surface area contributed by atoms with Gasteiger partial charge in [0.15, 0.2) is 0 Å². The molecule has 2 fully saturated rings. The largest absolute Gasteiger partial charge is 0.591 e. The van der Waals surface area contributed by atoms with Crippen LogP contribution in [-0.2, 0) is 17.9 Å². The van der Waals surface area contributed by atoms with E-state index in [9.17, 15) is 4.55 Å². The first-order valence-electron chi connectivity index (χ1n) is 8.19. The van der Waals surface area contributed by atoms with Gasteiger partial charge in [-0.3, -0.25) is 4.90 Å². The summed E-state index contributed by atoms with van der Waals surface area (Å²) in [6, 6.07) is 10.7. The van der Waals surface area contributed by atoms with E-state index in [0.29, 0.717) is 11.8 Å². The zero-order chi connectivity index (χ0) is 15.7. The van der Waals surface area contributed by atoms with Crippen molar-refractivity contribution in [2.75, 3.05) is 13.1 Å². The number of hydrogen-bond acceptors (Lipinski definition) is 3. The number of benzene rings is 1. The molecule has 0 aromatic heterocycles. The smallest absolute Gasteiger partial charge is 0.144 e. The van der Waals surface area contributed by atoms with Gasteiger partial charge in [0.05, 0.1) is 5.71 Å². The van der Waals surface area contributed by atoms with Crippen molar-refractivity contribution < 1.29 is 4.55 Å². The van der Waals surface area contributed by atoms with Crippen LogP contribution in [0, 0.1) is 11.8 Å². The molecule has 0 spiro atoms. The minimum Gasteiger partial charge on any atom is -0.591 e. The third-order valence-corrected chi connectivity index (χ3v) is 6.14. The van der Waals surface area contributed by atoms with Crippen molar-refractivity contribution in [3.63, 3.8) is 0 Å². The third-order valence-electron chi connectivity index (χ3n) is 4.69. The third kappa shape index (κ3) is 3.55. The van der Waals surface area contributed by atoms with E-state index >= 15 is 0 Å². The highest BCUT2D eigenvalue weighted by molar-refractivity contribution is 7.91. The van der Waals surface area contributed by atoms with Crippen molar-refractivity contribution in [2.24, 2.45) is 16.2 Å². The Morgan fingerprint density at radius 2 is 1.95 bits per heavy atom. The van der Waals surface area contributed by atoms with E-state index < -0.39 is 11.4 Å². The summed E-state index contributed by atoms with van der Waals surface area (Å²) < 4.78 is 16.6. The van der Waals surface area contributed by atoms with E-state index in [1.165, 1.54) is 17.7 Å². The molecule has 0 unspecified atom stereocenters. The molecule has 0 amide bonds. The molecule has 1 aliphatic carbocycles. The average molecular weight is 318 g/mol. The zero-order valence-corrected chi connectivity index (χ0v) is 14.6. The Balaban J connectivity index is 1.65. The second-order valence-electron chi connectivity index (χ2n) is 7.53. The molecule has 1 saturated carbocycles. The molecule has 22 heavy (non-hydrogen) atoms. The maximum absolute atomic E-state index is 12.3. The van der Waals surface area contributed by atoms with Crippen molar-refractivity contribution in [3.05, 3.63) is 35.9 Å². The minimum absolute atomic E-state index is 0.257.